The molecule has 0 N–H and O–H groups in total. The number of nitrogens with zero attached hydrogens (tertiary/aromatic N) is 2. The summed E-state index contributed by atoms with van der Waals surface area (Å²) in [5.74, 6) is 0. The van der Waals surface area contributed by atoms with E-state index < -0.39 is 0 Å². The zero-order valence-corrected chi connectivity index (χ0v) is 14.5. The third kappa shape index (κ3) is 3.72. The van der Waals surface area contributed by atoms with Gasteiger partial charge < -0.3 is 17.3 Å². The van der Waals surface area contributed by atoms with Crippen LogP contribution in [0.1, 0.15) is 11.3 Å². The van der Waals surface area contributed by atoms with Crippen molar-refractivity contribution >= 4 is 28.7 Å². The van der Waals surface area contributed by atoms with Gasteiger partial charge in [0.2, 0.25) is 11.2 Å². The van der Waals surface area contributed by atoms with Crippen LogP contribution in [0.15, 0.2) is 60.7 Å². The minimum absolute atomic E-state index is 0. The summed E-state index contributed by atoms with van der Waals surface area (Å²) in [6.07, 6.45) is 4.32. The van der Waals surface area contributed by atoms with Gasteiger partial charge >= 0.3 is 0 Å². The fourth-order valence-corrected chi connectivity index (χ4v) is 2.59. The summed E-state index contributed by atoms with van der Waals surface area (Å²) in [6.45, 7) is 0. The van der Waals surface area contributed by atoms with E-state index in [2.05, 4.69) is 103 Å². The van der Waals surface area contributed by atoms with Gasteiger partial charge in [-0.25, -0.2) is 0 Å². The van der Waals surface area contributed by atoms with Gasteiger partial charge in [0.05, 0.1) is 0 Å². The van der Waals surface area contributed by atoms with Gasteiger partial charge in [0.15, 0.2) is 0 Å². The summed E-state index contributed by atoms with van der Waals surface area (Å²) in [6, 6.07) is 21.3. The standard InChI is InChI=1S/C20H21N2.ClH/c1-21(2)18-12-8-16(9-13-18)10-14-19-15-11-17-6-4-5-7-20(17)22(19)3;/h4-15H,1-3H3;1H/q+1;/p-1. The fraction of sp³-hybridized carbons (Fsp3) is 0.150. The first-order chi connectivity index (χ1) is 10.6. The smallest absolute Gasteiger partial charge is 0.212 e. The van der Waals surface area contributed by atoms with Crippen LogP contribution in [0.2, 0.25) is 0 Å². The Labute approximate surface area is 144 Å². The van der Waals surface area contributed by atoms with Crippen molar-refractivity contribution in [1.29, 1.82) is 0 Å². The van der Waals surface area contributed by atoms with Crippen LogP contribution in [0.5, 0.6) is 0 Å². The van der Waals surface area contributed by atoms with Gasteiger partial charge in [-0.1, -0.05) is 24.3 Å². The van der Waals surface area contributed by atoms with Crippen LogP contribution >= 0.6 is 0 Å². The van der Waals surface area contributed by atoms with Crippen molar-refractivity contribution in [2.75, 3.05) is 19.0 Å². The maximum Gasteiger partial charge on any atom is 0.212 e. The lowest BCUT2D eigenvalue weighted by atomic mass is 10.1. The van der Waals surface area contributed by atoms with Crippen LogP contribution in [0.25, 0.3) is 23.1 Å². The Morgan fingerprint density at radius 1 is 0.826 bits per heavy atom. The van der Waals surface area contributed by atoms with E-state index in [0.717, 1.165) is 0 Å². The van der Waals surface area contributed by atoms with Gasteiger partial charge in [0.25, 0.3) is 0 Å². The molecule has 23 heavy (non-hydrogen) atoms. The molecule has 0 aliphatic heterocycles. The molecular formula is C20H21ClN2. The lowest BCUT2D eigenvalue weighted by Gasteiger charge is -2.11. The number of pyridine rings is 1. The van der Waals surface area contributed by atoms with Crippen LogP contribution in [-0.4, -0.2) is 14.1 Å². The van der Waals surface area contributed by atoms with Gasteiger partial charge in [0.1, 0.15) is 7.05 Å². The average Bonchev–Trinajstić information content (AvgIpc) is 2.55. The second-order valence-corrected chi connectivity index (χ2v) is 5.70. The van der Waals surface area contributed by atoms with E-state index in [9.17, 15) is 0 Å². The monoisotopic (exact) mass is 324 g/mol. The Morgan fingerprint density at radius 3 is 2.22 bits per heavy atom. The molecule has 0 aliphatic carbocycles. The van der Waals surface area contributed by atoms with Crippen molar-refractivity contribution in [3.63, 3.8) is 0 Å². The molecule has 3 rings (SSSR count). The Bertz CT molecular complexity index is 821. The summed E-state index contributed by atoms with van der Waals surface area (Å²) in [7, 11) is 6.22. The molecule has 0 bridgehead atoms. The first-order valence-corrected chi connectivity index (χ1v) is 7.48. The molecule has 0 saturated heterocycles. The minimum Gasteiger partial charge on any atom is -1.00 e. The van der Waals surface area contributed by atoms with Crippen molar-refractivity contribution < 1.29 is 17.0 Å². The zero-order chi connectivity index (χ0) is 15.5. The maximum absolute atomic E-state index is 2.22. The minimum atomic E-state index is 0. The molecule has 0 amide bonds. The van der Waals surface area contributed by atoms with Gasteiger partial charge in [-0.3, -0.25) is 0 Å². The maximum atomic E-state index is 2.22. The number of rotatable bonds is 3. The number of hydrogen-bond donors (Lipinski definition) is 0. The van der Waals surface area contributed by atoms with Gasteiger partial charge in [-0.05, 0) is 35.9 Å². The number of halogens is 1. The van der Waals surface area contributed by atoms with Gasteiger partial charge in [0, 0.05) is 43.4 Å². The number of hydrogen-bond acceptors (Lipinski definition) is 1. The Hall–Kier alpha value is -2.32. The third-order valence-corrected chi connectivity index (χ3v) is 3.98. The molecule has 0 saturated carbocycles. The predicted molar refractivity (Wildman–Crippen MR) is 94.8 cm³/mol. The molecule has 3 aromatic rings. The van der Waals surface area contributed by atoms with Crippen LogP contribution in [0.4, 0.5) is 5.69 Å². The highest BCUT2D eigenvalue weighted by Gasteiger charge is 2.07. The Kier molecular flexibility index (Phi) is 5.41. The zero-order valence-electron chi connectivity index (χ0n) is 13.7. The molecule has 1 aromatic heterocycles. The summed E-state index contributed by atoms with van der Waals surface area (Å²) < 4.78 is 2.22. The first-order valence-electron chi connectivity index (χ1n) is 7.48. The molecular weight excluding hydrogens is 304 g/mol. The van der Waals surface area contributed by atoms with E-state index in [4.69, 9.17) is 0 Å². The Morgan fingerprint density at radius 2 is 1.52 bits per heavy atom. The highest BCUT2D eigenvalue weighted by atomic mass is 35.5. The number of para-hydroxylation sites is 1. The normalized spacial score (nSPS) is 10.7. The quantitative estimate of drug-likeness (QED) is 0.650. The summed E-state index contributed by atoms with van der Waals surface area (Å²) >= 11 is 0. The fourth-order valence-electron chi connectivity index (χ4n) is 2.59. The molecule has 0 aliphatic rings. The van der Waals surface area contributed by atoms with Crippen molar-refractivity contribution in [3.05, 3.63) is 71.9 Å². The number of aromatic nitrogens is 1. The average molecular weight is 325 g/mol. The Balaban J connectivity index is 0.00000192. The van der Waals surface area contributed by atoms with E-state index in [1.807, 2.05) is 0 Å². The second-order valence-electron chi connectivity index (χ2n) is 5.70. The molecule has 3 heteroatoms. The molecule has 118 valence electrons. The third-order valence-electron chi connectivity index (χ3n) is 3.98. The van der Waals surface area contributed by atoms with Crippen molar-refractivity contribution in [2.45, 2.75) is 0 Å². The largest absolute Gasteiger partial charge is 1.00 e. The predicted octanol–water partition coefficient (Wildman–Crippen LogP) is 0.905. The number of fused-ring (bicyclic) bond motifs is 1. The molecule has 2 aromatic carbocycles. The van der Waals surface area contributed by atoms with Crippen molar-refractivity contribution in [1.82, 2.24) is 0 Å². The molecule has 0 atom stereocenters. The van der Waals surface area contributed by atoms with Crippen LogP contribution < -0.4 is 21.9 Å². The first kappa shape index (κ1) is 17.0. The highest BCUT2D eigenvalue weighted by molar-refractivity contribution is 5.77. The molecule has 2 nitrogen and oxygen atoms in total. The van der Waals surface area contributed by atoms with Gasteiger partial charge in [-0.15, -0.1) is 0 Å². The second kappa shape index (κ2) is 7.30. The van der Waals surface area contributed by atoms with Crippen LogP contribution in [-0.2, 0) is 7.05 Å². The van der Waals surface area contributed by atoms with Crippen molar-refractivity contribution in [2.24, 2.45) is 7.05 Å². The molecule has 0 radical (unpaired) electrons. The molecule has 1 heterocycles. The van der Waals surface area contributed by atoms with E-state index in [-0.39, 0.29) is 12.4 Å². The van der Waals surface area contributed by atoms with Crippen molar-refractivity contribution in [3.8, 4) is 0 Å². The van der Waals surface area contributed by atoms with E-state index in [1.54, 1.807) is 0 Å². The summed E-state index contributed by atoms with van der Waals surface area (Å²) in [5, 5.41) is 1.26. The molecule has 0 fully saturated rings. The lowest BCUT2D eigenvalue weighted by Crippen LogP contribution is -3.00. The summed E-state index contributed by atoms with van der Waals surface area (Å²) in [4.78, 5) is 2.11. The van der Waals surface area contributed by atoms with Crippen LogP contribution in [0, 0.1) is 0 Å². The number of aryl methyl sites for hydroxylation is 1. The highest BCUT2D eigenvalue weighted by Crippen LogP contribution is 2.15. The van der Waals surface area contributed by atoms with E-state index >= 15 is 0 Å². The lowest BCUT2D eigenvalue weighted by molar-refractivity contribution is -0.646. The SMILES string of the molecule is CN(C)c1ccc(C=Cc2ccc3ccccc3[n+]2C)cc1.[Cl-]. The molecule has 0 unspecified atom stereocenters. The van der Waals surface area contributed by atoms with E-state index in [1.165, 1.54) is 27.8 Å². The van der Waals surface area contributed by atoms with Gasteiger partial charge in [-0.2, -0.15) is 4.57 Å². The van der Waals surface area contributed by atoms with E-state index in [0.29, 0.717) is 0 Å². The van der Waals surface area contributed by atoms with Crippen LogP contribution in [0.3, 0.4) is 0 Å². The summed E-state index contributed by atoms with van der Waals surface area (Å²) in [5.41, 5.74) is 4.86. The number of benzene rings is 2. The topological polar surface area (TPSA) is 7.12 Å². The molecule has 0 spiro atoms. The number of anilines is 1.